The number of benzene rings is 3. The molecular formula is C26H24N2O3. The van der Waals surface area contributed by atoms with Gasteiger partial charge in [-0.25, -0.2) is 4.98 Å². The van der Waals surface area contributed by atoms with Gasteiger partial charge in [-0.15, -0.1) is 0 Å². The average molecular weight is 412 g/mol. The summed E-state index contributed by atoms with van der Waals surface area (Å²) in [6.45, 7) is 2.37. The van der Waals surface area contributed by atoms with Crippen molar-refractivity contribution in [1.29, 1.82) is 0 Å². The van der Waals surface area contributed by atoms with E-state index in [1.807, 2.05) is 79.7 Å². The van der Waals surface area contributed by atoms with Crippen LogP contribution >= 0.6 is 0 Å². The second-order valence-corrected chi connectivity index (χ2v) is 7.24. The first kappa shape index (κ1) is 20.4. The standard InChI is InChI=1S/C26H24N2O3/c1-17-24(26(29)27-16-18-8-12-20(30-2)13-9-18)22-6-4-5-7-23(22)28-25(17)19-10-14-21(31-3)15-11-19/h4-15H,16H2,1-3H3,(H,27,29). The molecule has 156 valence electrons. The number of hydrogen-bond acceptors (Lipinski definition) is 4. The molecule has 0 atom stereocenters. The molecule has 0 aliphatic carbocycles. The van der Waals surface area contributed by atoms with Crippen LogP contribution in [0.3, 0.4) is 0 Å². The Labute approximate surface area is 181 Å². The van der Waals surface area contributed by atoms with Crippen molar-refractivity contribution in [1.82, 2.24) is 10.3 Å². The van der Waals surface area contributed by atoms with Crippen LogP contribution in [0.15, 0.2) is 72.8 Å². The summed E-state index contributed by atoms with van der Waals surface area (Å²) < 4.78 is 10.5. The highest BCUT2D eigenvalue weighted by atomic mass is 16.5. The van der Waals surface area contributed by atoms with Crippen molar-refractivity contribution in [2.24, 2.45) is 0 Å². The summed E-state index contributed by atoms with van der Waals surface area (Å²) in [5.41, 5.74) is 5.00. The Hall–Kier alpha value is -3.86. The molecule has 5 nitrogen and oxygen atoms in total. The molecule has 0 saturated heterocycles. The number of nitrogens with zero attached hydrogens (tertiary/aromatic N) is 1. The third-order valence-corrected chi connectivity index (χ3v) is 5.34. The van der Waals surface area contributed by atoms with E-state index < -0.39 is 0 Å². The molecule has 5 heteroatoms. The zero-order valence-corrected chi connectivity index (χ0v) is 17.8. The molecule has 0 fully saturated rings. The quantitative estimate of drug-likeness (QED) is 0.475. The molecular weight excluding hydrogens is 388 g/mol. The van der Waals surface area contributed by atoms with Crippen molar-refractivity contribution in [2.75, 3.05) is 14.2 Å². The summed E-state index contributed by atoms with van der Waals surface area (Å²) in [7, 11) is 3.27. The van der Waals surface area contributed by atoms with E-state index in [-0.39, 0.29) is 5.91 Å². The Kier molecular flexibility index (Phi) is 5.85. The normalized spacial score (nSPS) is 10.7. The smallest absolute Gasteiger partial charge is 0.252 e. The first-order valence-electron chi connectivity index (χ1n) is 10.1. The number of aromatic nitrogens is 1. The third-order valence-electron chi connectivity index (χ3n) is 5.34. The van der Waals surface area contributed by atoms with Crippen molar-refractivity contribution in [3.05, 3.63) is 89.5 Å². The van der Waals surface area contributed by atoms with Gasteiger partial charge in [0.25, 0.3) is 5.91 Å². The number of fused-ring (bicyclic) bond motifs is 1. The van der Waals surface area contributed by atoms with Gasteiger partial charge in [-0.1, -0.05) is 30.3 Å². The summed E-state index contributed by atoms with van der Waals surface area (Å²) in [5.74, 6) is 1.44. The fourth-order valence-corrected chi connectivity index (χ4v) is 3.64. The fraction of sp³-hybridized carbons (Fsp3) is 0.154. The molecule has 0 bridgehead atoms. The highest BCUT2D eigenvalue weighted by molar-refractivity contribution is 6.08. The monoisotopic (exact) mass is 412 g/mol. The molecule has 0 aliphatic heterocycles. The summed E-state index contributed by atoms with van der Waals surface area (Å²) in [4.78, 5) is 18.1. The van der Waals surface area contributed by atoms with E-state index in [2.05, 4.69) is 5.32 Å². The number of hydrogen-bond donors (Lipinski definition) is 1. The maximum absolute atomic E-state index is 13.3. The third kappa shape index (κ3) is 4.21. The van der Waals surface area contributed by atoms with E-state index in [1.165, 1.54) is 0 Å². The van der Waals surface area contributed by atoms with Gasteiger partial charge in [-0.2, -0.15) is 0 Å². The van der Waals surface area contributed by atoms with Crippen LogP contribution in [0.25, 0.3) is 22.2 Å². The number of carbonyl (C=O) groups is 1. The molecule has 0 unspecified atom stereocenters. The van der Waals surface area contributed by atoms with E-state index in [4.69, 9.17) is 14.5 Å². The molecule has 1 heterocycles. The van der Waals surface area contributed by atoms with Crippen LogP contribution in [-0.2, 0) is 6.54 Å². The fourth-order valence-electron chi connectivity index (χ4n) is 3.64. The zero-order chi connectivity index (χ0) is 21.8. The largest absolute Gasteiger partial charge is 0.497 e. The lowest BCUT2D eigenvalue weighted by molar-refractivity contribution is 0.0952. The Balaban J connectivity index is 1.70. The summed E-state index contributed by atoms with van der Waals surface area (Å²) in [5, 5.41) is 3.89. The van der Waals surface area contributed by atoms with Gasteiger partial charge in [-0.3, -0.25) is 4.79 Å². The topological polar surface area (TPSA) is 60.5 Å². The second kappa shape index (κ2) is 8.88. The number of para-hydroxylation sites is 1. The summed E-state index contributed by atoms with van der Waals surface area (Å²) in [6, 6.07) is 23.1. The van der Waals surface area contributed by atoms with E-state index >= 15 is 0 Å². The lowest BCUT2D eigenvalue weighted by Crippen LogP contribution is -2.24. The van der Waals surface area contributed by atoms with Crippen molar-refractivity contribution < 1.29 is 14.3 Å². The number of methoxy groups -OCH3 is 2. The van der Waals surface area contributed by atoms with Gasteiger partial charge in [0, 0.05) is 17.5 Å². The Morgan fingerprint density at radius 3 is 2.13 bits per heavy atom. The molecule has 3 aromatic carbocycles. The van der Waals surface area contributed by atoms with Crippen LogP contribution < -0.4 is 14.8 Å². The molecule has 1 aromatic heterocycles. The van der Waals surface area contributed by atoms with Gasteiger partial charge in [0.05, 0.1) is 31.0 Å². The van der Waals surface area contributed by atoms with Crippen LogP contribution in [0.1, 0.15) is 21.5 Å². The van der Waals surface area contributed by atoms with Gasteiger partial charge in [0.15, 0.2) is 0 Å². The van der Waals surface area contributed by atoms with Crippen LogP contribution in [0.5, 0.6) is 11.5 Å². The molecule has 4 aromatic rings. The number of pyridine rings is 1. The van der Waals surface area contributed by atoms with Gasteiger partial charge in [0.2, 0.25) is 0 Å². The maximum Gasteiger partial charge on any atom is 0.252 e. The van der Waals surface area contributed by atoms with Gasteiger partial charge >= 0.3 is 0 Å². The van der Waals surface area contributed by atoms with Crippen LogP contribution in [0, 0.1) is 6.92 Å². The van der Waals surface area contributed by atoms with Crippen molar-refractivity contribution in [3.63, 3.8) is 0 Å². The van der Waals surface area contributed by atoms with E-state index in [0.717, 1.165) is 44.8 Å². The lowest BCUT2D eigenvalue weighted by atomic mass is 9.97. The minimum Gasteiger partial charge on any atom is -0.497 e. The highest BCUT2D eigenvalue weighted by Crippen LogP contribution is 2.30. The number of carbonyl (C=O) groups excluding carboxylic acids is 1. The molecule has 4 rings (SSSR count). The number of rotatable bonds is 6. The molecule has 0 aliphatic rings. The number of amides is 1. The first-order chi connectivity index (χ1) is 15.1. The Morgan fingerprint density at radius 2 is 1.48 bits per heavy atom. The van der Waals surface area contributed by atoms with Gasteiger partial charge in [0.1, 0.15) is 11.5 Å². The number of ether oxygens (including phenoxy) is 2. The molecule has 1 amide bonds. The Bertz CT molecular complexity index is 1220. The SMILES string of the molecule is COc1ccc(CNC(=O)c2c(C)c(-c3ccc(OC)cc3)nc3ccccc23)cc1. The molecule has 0 spiro atoms. The minimum atomic E-state index is -0.123. The minimum absolute atomic E-state index is 0.123. The maximum atomic E-state index is 13.3. The molecule has 1 N–H and O–H groups in total. The van der Waals surface area contributed by atoms with E-state index in [9.17, 15) is 4.79 Å². The summed E-state index contributed by atoms with van der Waals surface area (Å²) >= 11 is 0. The van der Waals surface area contributed by atoms with Crippen LogP contribution in [0.4, 0.5) is 0 Å². The second-order valence-electron chi connectivity index (χ2n) is 7.24. The van der Waals surface area contributed by atoms with E-state index in [1.54, 1.807) is 14.2 Å². The van der Waals surface area contributed by atoms with Gasteiger partial charge in [-0.05, 0) is 60.5 Å². The lowest BCUT2D eigenvalue weighted by Gasteiger charge is -2.15. The van der Waals surface area contributed by atoms with E-state index in [0.29, 0.717) is 12.1 Å². The predicted molar refractivity (Wildman–Crippen MR) is 123 cm³/mol. The molecule has 0 saturated carbocycles. The summed E-state index contributed by atoms with van der Waals surface area (Å²) in [6.07, 6.45) is 0. The van der Waals surface area contributed by atoms with Crippen LogP contribution in [-0.4, -0.2) is 25.1 Å². The average Bonchev–Trinajstić information content (AvgIpc) is 2.82. The Morgan fingerprint density at radius 1 is 0.871 bits per heavy atom. The van der Waals surface area contributed by atoms with Crippen molar-refractivity contribution in [3.8, 4) is 22.8 Å². The highest BCUT2D eigenvalue weighted by Gasteiger charge is 2.18. The zero-order valence-electron chi connectivity index (χ0n) is 17.8. The first-order valence-corrected chi connectivity index (χ1v) is 10.1. The van der Waals surface area contributed by atoms with Crippen molar-refractivity contribution in [2.45, 2.75) is 13.5 Å². The molecule has 0 radical (unpaired) electrons. The molecule has 31 heavy (non-hydrogen) atoms. The number of nitrogens with one attached hydrogen (secondary N) is 1. The van der Waals surface area contributed by atoms with Crippen LogP contribution in [0.2, 0.25) is 0 Å². The van der Waals surface area contributed by atoms with Gasteiger partial charge < -0.3 is 14.8 Å². The van der Waals surface area contributed by atoms with Crippen molar-refractivity contribution >= 4 is 16.8 Å². The predicted octanol–water partition coefficient (Wildman–Crippen LogP) is 5.16.